The van der Waals surface area contributed by atoms with Gasteiger partial charge in [-0.05, 0) is 228 Å². The van der Waals surface area contributed by atoms with Crippen molar-refractivity contribution >= 4 is 91.9 Å². The molecule has 2 amide bonds. The summed E-state index contributed by atoms with van der Waals surface area (Å²) in [5.41, 5.74) is 14.3. The van der Waals surface area contributed by atoms with Gasteiger partial charge in [-0.3, -0.25) is 14.3 Å². The maximum Gasteiger partial charge on any atom is 0.328 e. The zero-order chi connectivity index (χ0) is 82.3. The first kappa shape index (κ1) is 85.6. The van der Waals surface area contributed by atoms with E-state index in [0.29, 0.717) is 55.9 Å². The van der Waals surface area contributed by atoms with Gasteiger partial charge in [0.2, 0.25) is 10.0 Å². The third-order valence-electron chi connectivity index (χ3n) is 22.6. The summed E-state index contributed by atoms with van der Waals surface area (Å²) in [5.74, 6) is -1.95. The fourth-order valence-electron chi connectivity index (χ4n) is 16.9. The molecule has 3 aromatic heterocycles. The number of hydrogen-bond donors (Lipinski definition) is 3. The molecule has 1 fully saturated rings. The van der Waals surface area contributed by atoms with Crippen LogP contribution in [0.4, 0.5) is 13.2 Å². The van der Waals surface area contributed by atoms with Crippen molar-refractivity contribution in [3.05, 3.63) is 326 Å². The van der Waals surface area contributed by atoms with Crippen molar-refractivity contribution in [1.29, 1.82) is 0 Å². The minimum atomic E-state index is -3.67. The molecule has 4 aliphatic rings. The van der Waals surface area contributed by atoms with E-state index in [2.05, 4.69) is 32.2 Å². The fraction of sp³-hybridized carbons (Fsp3) is 0.333. The van der Waals surface area contributed by atoms with Crippen LogP contribution in [0.5, 0.6) is 0 Å². The van der Waals surface area contributed by atoms with Crippen molar-refractivity contribution < 1.29 is 40.7 Å². The summed E-state index contributed by atoms with van der Waals surface area (Å²) in [6.07, 6.45) is 20.8. The molecule has 0 bridgehead atoms. The Labute approximate surface area is 707 Å². The molecule has 0 aliphatic heterocycles. The number of aromatic nitrogens is 6. The molecular formula is C93H95Cl5F3N9O6S. The first-order chi connectivity index (χ1) is 56.5. The predicted molar refractivity (Wildman–Crippen MR) is 459 cm³/mol. The van der Waals surface area contributed by atoms with E-state index in [1.165, 1.54) is 73.4 Å². The number of methoxy groups -OCH3 is 1. The van der Waals surface area contributed by atoms with Gasteiger partial charge in [0, 0.05) is 73.1 Å². The van der Waals surface area contributed by atoms with Crippen LogP contribution in [0.25, 0.3) is 17.5 Å². The van der Waals surface area contributed by atoms with E-state index in [1.807, 2.05) is 110 Å². The Balaban J connectivity index is 0.000000153. The predicted octanol–water partition coefficient (Wildman–Crippen LogP) is 22.6. The third-order valence-corrected chi connectivity index (χ3v) is 25.1. The Hall–Kier alpha value is -9.31. The molecule has 11 aromatic rings. The van der Waals surface area contributed by atoms with Gasteiger partial charge in [0.15, 0.2) is 11.4 Å². The van der Waals surface area contributed by atoms with Gasteiger partial charge in [-0.25, -0.2) is 40.5 Å². The number of sulfonamides is 1. The minimum absolute atomic E-state index is 0.0827. The summed E-state index contributed by atoms with van der Waals surface area (Å²) >= 11 is 31.8. The Bertz CT molecular complexity index is 5430. The van der Waals surface area contributed by atoms with Gasteiger partial charge in [0.25, 0.3) is 11.8 Å². The van der Waals surface area contributed by atoms with Gasteiger partial charge in [-0.1, -0.05) is 206 Å². The minimum Gasteiger partial charge on any atom is -0.467 e. The normalized spacial score (nSPS) is 17.0. The van der Waals surface area contributed by atoms with E-state index in [0.717, 1.165) is 163 Å². The number of hydrogen-bond acceptors (Lipinski definition) is 9. The van der Waals surface area contributed by atoms with Crippen LogP contribution >= 0.6 is 58.0 Å². The molecule has 0 spiro atoms. The SMILES string of the molecule is COC(=O)[C@@H](Cc1ccc(F)cc1)NC(=O)c1nn(-c2ccc(Cl)cc2Cl)c2c1CCCC[C@@H]2Cc1cccc(F)c1.C[C@H](NC(=O)c1nn(-c2ccc(Cl)cc2Cl)c2c1CCCCC2Cc1ccc(Cl)cc1)c1ccccc1.C[C@H](NS(=O)(=O)/C=C/c1nn(C2CCCCC2)c2c1CCCCC2Cc1cccc(F)c1)c1ccccc1. The molecular weight excluding hydrogens is 1610 g/mol. The summed E-state index contributed by atoms with van der Waals surface area (Å²) in [7, 11) is -2.42. The van der Waals surface area contributed by atoms with Crippen molar-refractivity contribution in [3.8, 4) is 11.4 Å². The maximum absolute atomic E-state index is 14.1. The molecule has 24 heteroatoms. The van der Waals surface area contributed by atoms with Crippen LogP contribution in [0, 0.1) is 17.5 Å². The average molecular weight is 1700 g/mol. The number of rotatable bonds is 22. The molecule has 0 radical (unpaired) electrons. The maximum atomic E-state index is 14.1. The van der Waals surface area contributed by atoms with E-state index in [4.69, 9.17) is 78.0 Å². The Morgan fingerprint density at radius 3 is 1.44 bits per heavy atom. The molecule has 3 N–H and O–H groups in total. The van der Waals surface area contributed by atoms with Crippen LogP contribution in [0.1, 0.15) is 233 Å². The molecule has 117 heavy (non-hydrogen) atoms. The summed E-state index contributed by atoms with van der Waals surface area (Å²) < 4.78 is 81.0. The monoisotopic (exact) mass is 1700 g/mol. The molecule has 2 unspecified atom stereocenters. The number of nitrogens with zero attached hydrogens (tertiary/aromatic N) is 6. The first-order valence-electron chi connectivity index (χ1n) is 40.3. The van der Waals surface area contributed by atoms with Crippen molar-refractivity contribution in [2.24, 2.45) is 0 Å². The summed E-state index contributed by atoms with van der Waals surface area (Å²) in [5, 5.41) is 24.5. The van der Waals surface area contributed by atoms with Crippen LogP contribution in [-0.2, 0) is 64.5 Å². The van der Waals surface area contributed by atoms with Gasteiger partial charge >= 0.3 is 5.97 Å². The van der Waals surface area contributed by atoms with Gasteiger partial charge in [0.1, 0.15) is 23.5 Å². The van der Waals surface area contributed by atoms with E-state index >= 15 is 0 Å². The number of ether oxygens (including phenoxy) is 1. The first-order valence-corrected chi connectivity index (χ1v) is 43.7. The van der Waals surface area contributed by atoms with E-state index in [9.17, 15) is 36.0 Å². The Kier molecular flexibility index (Phi) is 29.2. The standard InChI is InChI=1S/C32H29Cl2F2N3O3.C31H38FN3O2S.C30H28Cl3N3O/c1-42-32(41)27(17-19-9-12-23(35)13-10-19)37-31(40)29-25-8-3-2-6-21(15-20-5-4-7-24(36)16-20)30(25)39(38-29)28-14-11-22(33)18-26(28)34;1-23(25-12-4-2-5-13-25)34-38(36,37)20-19-30-29-18-9-8-14-26(21-24-11-10-15-27(32)22-24)31(29)35(33-30)28-16-6-3-7-17-28;1-19(21-7-3-2-4-8-21)34-30(37)28-25-10-6-5-9-22(17-20-11-13-23(31)14-12-20)29(25)36(35-28)27-16-15-24(32)18-26(27)33/h4-5,7,9-14,16,18,21,27H,2-3,6,8,15,17H2,1H3,(H,37,40);2,4-5,10-13,15,19-20,22-23,26,28,34H,3,6-9,14,16-18,21H2,1H3;2-4,7-8,11-16,18-19,22H,5-6,9-10,17H2,1H3,(H,34,37)/b;20-19+;/t21-,27-;23-,26?;19-,22?/m100/s1. The van der Waals surface area contributed by atoms with Crippen LogP contribution in [0.15, 0.2) is 200 Å². The molecule has 4 aliphatic carbocycles. The van der Waals surface area contributed by atoms with Crippen LogP contribution in [0.2, 0.25) is 25.1 Å². The highest BCUT2D eigenvalue weighted by atomic mass is 35.5. The number of amides is 2. The highest BCUT2D eigenvalue weighted by Gasteiger charge is 2.36. The highest BCUT2D eigenvalue weighted by Crippen LogP contribution is 2.43. The molecule has 15 nitrogen and oxygen atoms in total. The van der Waals surface area contributed by atoms with Gasteiger partial charge in [0.05, 0.1) is 57.7 Å². The Morgan fingerprint density at radius 1 is 0.479 bits per heavy atom. The van der Waals surface area contributed by atoms with E-state index < -0.39 is 33.8 Å². The van der Waals surface area contributed by atoms with Crippen LogP contribution < -0.4 is 15.4 Å². The van der Waals surface area contributed by atoms with Crippen molar-refractivity contribution in [3.63, 3.8) is 0 Å². The second-order valence-corrected chi connectivity index (χ2v) is 34.6. The van der Waals surface area contributed by atoms with Gasteiger partial charge in [-0.15, -0.1) is 0 Å². The van der Waals surface area contributed by atoms with Gasteiger partial charge < -0.3 is 15.4 Å². The number of benzene rings is 8. The van der Waals surface area contributed by atoms with Crippen LogP contribution in [-0.4, -0.2) is 68.7 Å². The van der Waals surface area contributed by atoms with Crippen molar-refractivity contribution in [2.75, 3.05) is 7.11 Å². The topological polar surface area (TPSA) is 184 Å². The summed E-state index contributed by atoms with van der Waals surface area (Å²) in [6, 6.07) is 55.9. The van der Waals surface area contributed by atoms with Crippen LogP contribution in [0.3, 0.4) is 0 Å². The second kappa shape index (κ2) is 40.0. The van der Waals surface area contributed by atoms with E-state index in [1.54, 1.807) is 71.4 Å². The van der Waals surface area contributed by atoms with E-state index in [-0.39, 0.29) is 59.5 Å². The number of fused-ring (bicyclic) bond motifs is 3. The molecule has 0 saturated heterocycles. The smallest absolute Gasteiger partial charge is 0.328 e. The lowest BCUT2D eigenvalue weighted by atomic mass is 9.89. The van der Waals surface area contributed by atoms with Crippen molar-refractivity contribution in [2.45, 2.75) is 191 Å². The number of carbonyl (C=O) groups is 3. The zero-order valence-corrected chi connectivity index (χ0v) is 70.2. The summed E-state index contributed by atoms with van der Waals surface area (Å²) in [4.78, 5) is 40.2. The second-order valence-electron chi connectivity index (χ2n) is 30.8. The lowest BCUT2D eigenvalue weighted by molar-refractivity contribution is -0.142. The van der Waals surface area contributed by atoms with Crippen molar-refractivity contribution in [1.82, 2.24) is 44.7 Å². The lowest BCUT2D eigenvalue weighted by Crippen LogP contribution is -2.43. The zero-order valence-electron chi connectivity index (χ0n) is 65.6. The fourth-order valence-corrected chi connectivity index (χ4v) is 19.0. The Morgan fingerprint density at radius 2 is 0.940 bits per heavy atom. The molecule has 15 rings (SSSR count). The quantitative estimate of drug-likeness (QED) is 0.0439. The lowest BCUT2D eigenvalue weighted by Gasteiger charge is -2.27. The molecule has 610 valence electrons. The molecule has 1 saturated carbocycles. The summed E-state index contributed by atoms with van der Waals surface area (Å²) in [6.45, 7) is 3.84. The number of esters is 1. The van der Waals surface area contributed by atoms with Gasteiger partial charge in [-0.2, -0.15) is 15.3 Å². The molecule has 6 atom stereocenters. The average Bonchev–Trinajstić information content (AvgIpc) is 1.63. The third kappa shape index (κ3) is 22.0. The number of halogens is 8. The number of carbonyl (C=O) groups excluding carboxylic acids is 3. The molecule has 8 aromatic carbocycles. The molecule has 3 heterocycles. The highest BCUT2D eigenvalue weighted by molar-refractivity contribution is 7.92. The largest absolute Gasteiger partial charge is 0.467 e. The number of nitrogens with one attached hydrogen (secondary N) is 3.